The van der Waals surface area contributed by atoms with Crippen LogP contribution in [0.5, 0.6) is 0 Å². The zero-order valence-electron chi connectivity index (χ0n) is 12.4. The smallest absolute Gasteiger partial charge is 0.266 e. The summed E-state index contributed by atoms with van der Waals surface area (Å²) in [5.41, 5.74) is 0. The molecule has 1 aliphatic heterocycles. The Labute approximate surface area is 143 Å². The molecule has 118 valence electrons. The summed E-state index contributed by atoms with van der Waals surface area (Å²) >= 11 is 8.00. The van der Waals surface area contributed by atoms with E-state index in [0.717, 1.165) is 11.4 Å². The van der Waals surface area contributed by atoms with Gasteiger partial charge in [-0.25, -0.2) is 0 Å². The van der Waals surface area contributed by atoms with Crippen LogP contribution in [0.25, 0.3) is 6.08 Å². The van der Waals surface area contributed by atoms with Crippen molar-refractivity contribution in [2.75, 3.05) is 33.7 Å². The first-order valence-corrected chi connectivity index (χ1v) is 8.78. The lowest BCUT2D eigenvalue weighted by Gasteiger charge is -2.15. The van der Waals surface area contributed by atoms with E-state index in [9.17, 15) is 9.59 Å². The van der Waals surface area contributed by atoms with Gasteiger partial charge in [0, 0.05) is 18.0 Å². The average molecular weight is 356 g/mol. The predicted octanol–water partition coefficient (Wildman–Crippen LogP) is 1.63. The van der Waals surface area contributed by atoms with Gasteiger partial charge in [0.25, 0.3) is 5.91 Å². The second-order valence-corrected chi connectivity index (χ2v) is 7.59. The molecule has 1 aliphatic rings. The number of nitrogens with one attached hydrogen (secondary N) is 1. The minimum atomic E-state index is -0.203. The standard InChI is InChI=1S/C14H17N3O2S3/c1-16(2)6-5-15-12(18)9-17-13(19)11(22-14(17)20)8-10-4-3-7-21-10/h3-4,7-8H,5-6,9H2,1-2H3,(H,15,18)/b11-8-. The molecule has 22 heavy (non-hydrogen) atoms. The van der Waals surface area contributed by atoms with Crippen LogP contribution >= 0.6 is 35.3 Å². The fraction of sp³-hybridized carbons (Fsp3) is 0.357. The van der Waals surface area contributed by atoms with Crippen LogP contribution in [0.2, 0.25) is 0 Å². The van der Waals surface area contributed by atoms with Gasteiger partial charge >= 0.3 is 0 Å². The minimum absolute atomic E-state index is 0.0279. The van der Waals surface area contributed by atoms with E-state index in [2.05, 4.69) is 5.32 Å². The lowest BCUT2D eigenvalue weighted by atomic mass is 10.3. The Balaban J connectivity index is 1.93. The van der Waals surface area contributed by atoms with E-state index in [1.54, 1.807) is 11.3 Å². The van der Waals surface area contributed by atoms with E-state index in [1.165, 1.54) is 16.7 Å². The normalized spacial score (nSPS) is 16.9. The van der Waals surface area contributed by atoms with Gasteiger partial charge in [-0.05, 0) is 31.6 Å². The van der Waals surface area contributed by atoms with Crippen molar-refractivity contribution >= 4 is 57.5 Å². The lowest BCUT2D eigenvalue weighted by molar-refractivity contribution is -0.128. The van der Waals surface area contributed by atoms with Crippen molar-refractivity contribution in [2.45, 2.75) is 0 Å². The topological polar surface area (TPSA) is 52.7 Å². The highest BCUT2D eigenvalue weighted by Crippen LogP contribution is 2.32. The van der Waals surface area contributed by atoms with Gasteiger partial charge in [0.05, 0.1) is 4.91 Å². The van der Waals surface area contributed by atoms with Crippen molar-refractivity contribution in [1.29, 1.82) is 0 Å². The molecule has 0 saturated carbocycles. The van der Waals surface area contributed by atoms with Crippen LogP contribution in [0.1, 0.15) is 4.88 Å². The molecule has 0 radical (unpaired) electrons. The molecule has 0 atom stereocenters. The summed E-state index contributed by atoms with van der Waals surface area (Å²) in [7, 11) is 3.87. The minimum Gasteiger partial charge on any atom is -0.353 e. The Morgan fingerprint density at radius 1 is 1.50 bits per heavy atom. The number of hydrogen-bond donors (Lipinski definition) is 1. The molecular weight excluding hydrogens is 338 g/mol. The number of thiophene rings is 1. The highest BCUT2D eigenvalue weighted by molar-refractivity contribution is 8.26. The molecule has 2 amide bonds. The van der Waals surface area contributed by atoms with E-state index in [0.29, 0.717) is 15.8 Å². The quantitative estimate of drug-likeness (QED) is 0.621. The molecule has 1 aromatic rings. The van der Waals surface area contributed by atoms with E-state index in [4.69, 9.17) is 12.2 Å². The number of nitrogens with zero attached hydrogens (tertiary/aromatic N) is 2. The molecular formula is C14H17N3O2S3. The van der Waals surface area contributed by atoms with Gasteiger partial charge in [-0.15, -0.1) is 11.3 Å². The Morgan fingerprint density at radius 3 is 2.91 bits per heavy atom. The zero-order valence-corrected chi connectivity index (χ0v) is 14.8. The number of rotatable bonds is 6. The third-order valence-corrected chi connectivity index (χ3v) is 5.07. The van der Waals surface area contributed by atoms with E-state index in [-0.39, 0.29) is 18.4 Å². The largest absolute Gasteiger partial charge is 0.353 e. The number of amides is 2. The first-order valence-electron chi connectivity index (χ1n) is 6.67. The second kappa shape index (κ2) is 7.87. The van der Waals surface area contributed by atoms with Crippen LogP contribution in [-0.2, 0) is 9.59 Å². The maximum absolute atomic E-state index is 12.3. The predicted molar refractivity (Wildman–Crippen MR) is 95.8 cm³/mol. The SMILES string of the molecule is CN(C)CCNC(=O)CN1C(=O)/C(=C/c2cccs2)SC1=S. The molecule has 2 heterocycles. The molecule has 1 fully saturated rings. The molecule has 1 aromatic heterocycles. The lowest BCUT2D eigenvalue weighted by Crippen LogP contribution is -2.41. The summed E-state index contributed by atoms with van der Waals surface area (Å²) in [6, 6.07) is 3.86. The number of likely N-dealkylation sites (N-methyl/N-ethyl adjacent to an activating group) is 1. The highest BCUT2D eigenvalue weighted by Gasteiger charge is 2.33. The molecule has 2 rings (SSSR count). The number of hydrogen-bond acceptors (Lipinski definition) is 6. The van der Waals surface area contributed by atoms with E-state index < -0.39 is 0 Å². The van der Waals surface area contributed by atoms with Gasteiger partial charge in [-0.3, -0.25) is 14.5 Å². The van der Waals surface area contributed by atoms with Crippen LogP contribution in [0, 0.1) is 0 Å². The summed E-state index contributed by atoms with van der Waals surface area (Å²) in [5, 5.41) is 4.73. The Hall–Kier alpha value is -1.22. The Kier molecular flexibility index (Phi) is 6.13. The molecule has 0 unspecified atom stereocenters. The highest BCUT2D eigenvalue weighted by atomic mass is 32.2. The first kappa shape index (κ1) is 17.1. The van der Waals surface area contributed by atoms with Crippen LogP contribution in [0.4, 0.5) is 0 Å². The summed E-state index contributed by atoms with van der Waals surface area (Å²) in [4.78, 5) is 29.1. The van der Waals surface area contributed by atoms with Crippen LogP contribution in [0.15, 0.2) is 22.4 Å². The van der Waals surface area contributed by atoms with Gasteiger partial charge < -0.3 is 10.2 Å². The van der Waals surface area contributed by atoms with Crippen LogP contribution < -0.4 is 5.32 Å². The fourth-order valence-electron chi connectivity index (χ4n) is 1.76. The second-order valence-electron chi connectivity index (χ2n) is 4.94. The molecule has 1 N–H and O–H groups in total. The third-order valence-electron chi connectivity index (χ3n) is 2.87. The maximum Gasteiger partial charge on any atom is 0.266 e. The monoisotopic (exact) mass is 355 g/mol. The molecule has 0 bridgehead atoms. The van der Waals surface area contributed by atoms with Crippen LogP contribution in [-0.4, -0.2) is 59.7 Å². The van der Waals surface area contributed by atoms with Gasteiger partial charge in [0.2, 0.25) is 5.91 Å². The Bertz CT molecular complexity index is 596. The summed E-state index contributed by atoms with van der Waals surface area (Å²) in [5.74, 6) is -0.401. The molecule has 5 nitrogen and oxygen atoms in total. The van der Waals surface area contributed by atoms with Crippen molar-refractivity contribution in [3.8, 4) is 0 Å². The molecule has 0 spiro atoms. The summed E-state index contributed by atoms with van der Waals surface area (Å²) in [6.45, 7) is 1.27. The van der Waals surface area contributed by atoms with Crippen molar-refractivity contribution in [3.05, 3.63) is 27.3 Å². The van der Waals surface area contributed by atoms with E-state index >= 15 is 0 Å². The average Bonchev–Trinajstić information content (AvgIpc) is 3.03. The molecule has 8 heteroatoms. The number of carbonyl (C=O) groups excluding carboxylic acids is 2. The molecule has 1 saturated heterocycles. The van der Waals surface area contributed by atoms with Crippen molar-refractivity contribution in [2.24, 2.45) is 0 Å². The number of carbonyl (C=O) groups is 2. The molecule has 0 aromatic carbocycles. The first-order chi connectivity index (χ1) is 10.5. The fourth-order valence-corrected chi connectivity index (χ4v) is 3.74. The van der Waals surface area contributed by atoms with Gasteiger partial charge in [-0.2, -0.15) is 0 Å². The number of thiocarbonyl (C=S) groups is 1. The van der Waals surface area contributed by atoms with Gasteiger partial charge in [0.1, 0.15) is 10.9 Å². The summed E-state index contributed by atoms with van der Waals surface area (Å²) < 4.78 is 0.426. The van der Waals surface area contributed by atoms with Crippen molar-refractivity contribution < 1.29 is 9.59 Å². The maximum atomic E-state index is 12.3. The van der Waals surface area contributed by atoms with Crippen molar-refractivity contribution in [1.82, 2.24) is 15.1 Å². The zero-order chi connectivity index (χ0) is 16.1. The van der Waals surface area contributed by atoms with Crippen LogP contribution in [0.3, 0.4) is 0 Å². The third kappa shape index (κ3) is 4.64. The molecule has 0 aliphatic carbocycles. The van der Waals surface area contributed by atoms with Gasteiger partial charge in [-0.1, -0.05) is 30.0 Å². The van der Waals surface area contributed by atoms with E-state index in [1.807, 2.05) is 42.6 Å². The Morgan fingerprint density at radius 2 is 2.27 bits per heavy atom. The van der Waals surface area contributed by atoms with Crippen molar-refractivity contribution in [3.63, 3.8) is 0 Å². The van der Waals surface area contributed by atoms with Gasteiger partial charge in [0.15, 0.2) is 0 Å². The summed E-state index contributed by atoms with van der Waals surface area (Å²) in [6.07, 6.45) is 1.81. The number of thioether (sulfide) groups is 1.